The molecule has 0 saturated heterocycles. The van der Waals surface area contributed by atoms with Crippen molar-refractivity contribution in [3.8, 4) is 0 Å². The molecular weight excluding hydrogens is 368 g/mol. The predicted octanol–water partition coefficient (Wildman–Crippen LogP) is 1.71. The van der Waals surface area contributed by atoms with Crippen LogP contribution < -0.4 is 0 Å². The van der Waals surface area contributed by atoms with Crippen LogP contribution in [0.3, 0.4) is 0 Å². The van der Waals surface area contributed by atoms with Gasteiger partial charge in [-0.15, -0.1) is 0 Å². The van der Waals surface area contributed by atoms with Gasteiger partial charge in [-0.1, -0.05) is 0 Å². The number of H-pyrrole nitrogens is 1. The van der Waals surface area contributed by atoms with Gasteiger partial charge in [0.25, 0.3) is 0 Å². The Kier molecular flexibility index (Phi) is 5.73. The molecule has 2 N–H and O–H groups in total. The lowest BCUT2D eigenvalue weighted by Crippen LogP contribution is -2.23. The first-order chi connectivity index (χ1) is 11.0. The Morgan fingerprint density at radius 2 is 2.13 bits per heavy atom. The van der Waals surface area contributed by atoms with Gasteiger partial charge in [-0.3, -0.25) is 14.7 Å². The summed E-state index contributed by atoms with van der Waals surface area (Å²) in [5, 5.41) is 17.3. The summed E-state index contributed by atoms with van der Waals surface area (Å²) >= 11 is 3.44. The lowest BCUT2D eigenvalue weighted by atomic mass is 9.92. The number of carbonyl (C=O) groups is 2. The highest BCUT2D eigenvalue weighted by Crippen LogP contribution is 2.30. The van der Waals surface area contributed by atoms with E-state index in [4.69, 9.17) is 4.74 Å². The van der Waals surface area contributed by atoms with Crippen LogP contribution >= 0.6 is 15.9 Å². The highest BCUT2D eigenvalue weighted by molar-refractivity contribution is 9.10. The average molecular weight is 385 g/mol. The SMILES string of the molecule is COC(=O)CC(Cc1cc(Br)c2[nH]ncc2c1CO)C(=O)OC. The number of ether oxygens (including phenoxy) is 2. The molecular formula is C15H17BrN2O5. The molecule has 1 aromatic carbocycles. The molecule has 0 aliphatic heterocycles. The van der Waals surface area contributed by atoms with Gasteiger partial charge in [0.2, 0.25) is 0 Å². The minimum Gasteiger partial charge on any atom is -0.469 e. The Balaban J connectivity index is 2.40. The van der Waals surface area contributed by atoms with Crippen molar-refractivity contribution in [2.45, 2.75) is 19.4 Å². The molecule has 0 fully saturated rings. The van der Waals surface area contributed by atoms with E-state index in [2.05, 4.69) is 30.9 Å². The lowest BCUT2D eigenvalue weighted by molar-refractivity contribution is -0.152. The van der Waals surface area contributed by atoms with E-state index in [1.165, 1.54) is 14.2 Å². The Bertz CT molecular complexity index is 728. The summed E-state index contributed by atoms with van der Waals surface area (Å²) in [5.41, 5.74) is 2.17. The highest BCUT2D eigenvalue weighted by atomic mass is 79.9. The molecule has 1 unspecified atom stereocenters. The second-order valence-corrected chi connectivity index (χ2v) is 5.87. The Labute approximate surface area is 141 Å². The van der Waals surface area contributed by atoms with Gasteiger partial charge >= 0.3 is 11.9 Å². The van der Waals surface area contributed by atoms with Crippen molar-refractivity contribution >= 4 is 38.8 Å². The molecule has 2 rings (SSSR count). The van der Waals surface area contributed by atoms with Crippen LogP contribution in [0.5, 0.6) is 0 Å². The van der Waals surface area contributed by atoms with Gasteiger partial charge in [0.15, 0.2) is 0 Å². The number of aliphatic hydroxyl groups excluding tert-OH is 1. The average Bonchev–Trinajstić information content (AvgIpc) is 3.03. The number of aromatic nitrogens is 2. The molecule has 23 heavy (non-hydrogen) atoms. The van der Waals surface area contributed by atoms with Crippen LogP contribution in [0.1, 0.15) is 17.5 Å². The minimum atomic E-state index is -0.686. The van der Waals surface area contributed by atoms with E-state index >= 15 is 0 Å². The maximum atomic E-state index is 11.9. The molecule has 0 aliphatic carbocycles. The summed E-state index contributed by atoms with van der Waals surface area (Å²) in [4.78, 5) is 23.5. The number of fused-ring (bicyclic) bond motifs is 1. The molecule has 0 radical (unpaired) electrons. The van der Waals surface area contributed by atoms with Gasteiger partial charge in [-0.2, -0.15) is 5.10 Å². The van der Waals surface area contributed by atoms with Crippen molar-refractivity contribution < 1.29 is 24.2 Å². The molecule has 0 saturated carbocycles. The smallest absolute Gasteiger partial charge is 0.309 e. The van der Waals surface area contributed by atoms with E-state index in [1.54, 1.807) is 12.3 Å². The van der Waals surface area contributed by atoms with Crippen molar-refractivity contribution in [1.29, 1.82) is 0 Å². The van der Waals surface area contributed by atoms with Crippen LogP contribution in [0.2, 0.25) is 0 Å². The summed E-state index contributed by atoms with van der Waals surface area (Å²) in [6.07, 6.45) is 1.77. The van der Waals surface area contributed by atoms with Gasteiger partial charge in [-0.05, 0) is 39.5 Å². The third kappa shape index (κ3) is 3.70. The number of nitrogens with zero attached hydrogens (tertiary/aromatic N) is 1. The van der Waals surface area contributed by atoms with Crippen molar-refractivity contribution in [3.05, 3.63) is 27.9 Å². The first kappa shape index (κ1) is 17.4. The molecule has 2 aromatic rings. The van der Waals surface area contributed by atoms with E-state index < -0.39 is 17.9 Å². The largest absolute Gasteiger partial charge is 0.469 e. The Morgan fingerprint density at radius 3 is 2.74 bits per heavy atom. The van der Waals surface area contributed by atoms with Crippen molar-refractivity contribution in [2.75, 3.05) is 14.2 Å². The van der Waals surface area contributed by atoms with Crippen molar-refractivity contribution in [3.63, 3.8) is 0 Å². The molecule has 1 heterocycles. The first-order valence-corrected chi connectivity index (χ1v) is 7.69. The monoisotopic (exact) mass is 384 g/mol. The number of carbonyl (C=O) groups excluding carboxylic acids is 2. The van der Waals surface area contributed by atoms with Gasteiger partial charge in [0.1, 0.15) is 0 Å². The molecule has 1 atom stereocenters. The number of halogens is 1. The van der Waals surface area contributed by atoms with Gasteiger partial charge in [0.05, 0.1) is 44.9 Å². The second-order valence-electron chi connectivity index (χ2n) is 5.02. The van der Waals surface area contributed by atoms with Gasteiger partial charge in [-0.25, -0.2) is 0 Å². The fraction of sp³-hybridized carbons (Fsp3) is 0.400. The van der Waals surface area contributed by atoms with E-state index in [0.29, 0.717) is 5.56 Å². The summed E-state index contributed by atoms with van der Waals surface area (Å²) in [5.74, 6) is -1.67. The summed E-state index contributed by atoms with van der Waals surface area (Å²) in [6.45, 7) is -0.204. The van der Waals surface area contributed by atoms with Crippen LogP contribution in [0.4, 0.5) is 0 Å². The zero-order chi connectivity index (χ0) is 17.0. The molecule has 0 amide bonds. The number of rotatable bonds is 6. The number of hydrogen-bond donors (Lipinski definition) is 2. The summed E-state index contributed by atoms with van der Waals surface area (Å²) in [6, 6.07) is 1.80. The number of aliphatic hydroxyl groups is 1. The van der Waals surface area contributed by atoms with Crippen LogP contribution in [-0.2, 0) is 32.1 Å². The third-order valence-electron chi connectivity index (χ3n) is 3.69. The van der Waals surface area contributed by atoms with Gasteiger partial charge in [0, 0.05) is 9.86 Å². The normalized spacial score (nSPS) is 12.2. The number of hydrogen-bond acceptors (Lipinski definition) is 6. The zero-order valence-corrected chi connectivity index (χ0v) is 14.3. The fourth-order valence-electron chi connectivity index (χ4n) is 2.51. The van der Waals surface area contributed by atoms with Crippen molar-refractivity contribution in [1.82, 2.24) is 10.2 Å². The van der Waals surface area contributed by atoms with Crippen molar-refractivity contribution in [2.24, 2.45) is 5.92 Å². The van der Waals surface area contributed by atoms with E-state index in [9.17, 15) is 14.7 Å². The van der Waals surface area contributed by atoms with Crippen LogP contribution in [-0.4, -0.2) is 41.5 Å². The number of methoxy groups -OCH3 is 2. The number of benzene rings is 1. The molecule has 8 heteroatoms. The number of aromatic amines is 1. The minimum absolute atomic E-state index is 0.0882. The fourth-order valence-corrected chi connectivity index (χ4v) is 3.09. The van der Waals surface area contributed by atoms with E-state index in [0.717, 1.165) is 20.9 Å². The Hall–Kier alpha value is -1.93. The van der Waals surface area contributed by atoms with Crippen LogP contribution in [0.25, 0.3) is 10.9 Å². The first-order valence-electron chi connectivity index (χ1n) is 6.90. The second kappa shape index (κ2) is 7.56. The lowest BCUT2D eigenvalue weighted by Gasteiger charge is -2.16. The molecule has 0 bridgehead atoms. The topological polar surface area (TPSA) is 102 Å². The molecule has 1 aromatic heterocycles. The maximum absolute atomic E-state index is 11.9. The summed E-state index contributed by atoms with van der Waals surface area (Å²) in [7, 11) is 2.54. The van der Waals surface area contributed by atoms with E-state index in [1.807, 2.05) is 0 Å². The zero-order valence-electron chi connectivity index (χ0n) is 12.8. The molecule has 0 spiro atoms. The Morgan fingerprint density at radius 1 is 1.39 bits per heavy atom. The number of esters is 2. The predicted molar refractivity (Wildman–Crippen MR) is 85.6 cm³/mol. The number of nitrogens with one attached hydrogen (secondary N) is 1. The van der Waals surface area contributed by atoms with Gasteiger partial charge < -0.3 is 14.6 Å². The standard InChI is InChI=1S/C15H17BrN2O5/c1-22-13(20)5-9(15(21)23-2)3-8-4-12(16)14-10(6-17-18-14)11(8)7-19/h4,6,9,19H,3,5,7H2,1-2H3,(H,17,18). The van der Waals surface area contributed by atoms with Crippen LogP contribution in [0, 0.1) is 5.92 Å². The maximum Gasteiger partial charge on any atom is 0.309 e. The highest BCUT2D eigenvalue weighted by Gasteiger charge is 2.25. The molecule has 124 valence electrons. The quantitative estimate of drug-likeness (QED) is 0.735. The molecule has 0 aliphatic rings. The molecule has 7 nitrogen and oxygen atoms in total. The van der Waals surface area contributed by atoms with E-state index in [-0.39, 0.29) is 19.4 Å². The van der Waals surface area contributed by atoms with Crippen LogP contribution in [0.15, 0.2) is 16.7 Å². The third-order valence-corrected chi connectivity index (χ3v) is 4.32. The summed E-state index contributed by atoms with van der Waals surface area (Å²) < 4.78 is 10.2.